The molecule has 0 spiro atoms. The first-order valence-corrected chi connectivity index (χ1v) is 10.7. The zero-order chi connectivity index (χ0) is 19.1. The van der Waals surface area contributed by atoms with Crippen molar-refractivity contribution in [3.63, 3.8) is 0 Å². The Morgan fingerprint density at radius 2 is 2.00 bits per heavy atom. The zero-order valence-corrected chi connectivity index (χ0v) is 16.2. The van der Waals surface area contributed by atoms with E-state index in [-0.39, 0.29) is 12.3 Å². The number of hydrogen-bond donors (Lipinski definition) is 2. The highest BCUT2D eigenvalue weighted by Gasteiger charge is 2.28. The van der Waals surface area contributed by atoms with Crippen molar-refractivity contribution in [1.82, 2.24) is 15.6 Å². The quantitative estimate of drug-likeness (QED) is 0.556. The van der Waals surface area contributed by atoms with E-state index >= 15 is 0 Å². The highest BCUT2D eigenvalue weighted by atomic mass is 32.2. The van der Waals surface area contributed by atoms with Crippen LogP contribution in [0, 0.1) is 0 Å². The SMILES string of the molecule is CCNC(=NCc1ccccn1)NCCS(=O)(=O)N1CCc2ccccc21. The van der Waals surface area contributed by atoms with Crippen LogP contribution >= 0.6 is 0 Å². The van der Waals surface area contributed by atoms with Gasteiger partial charge in [-0.2, -0.15) is 0 Å². The van der Waals surface area contributed by atoms with Crippen molar-refractivity contribution >= 4 is 21.7 Å². The normalized spacial score (nSPS) is 14.1. The smallest absolute Gasteiger partial charge is 0.236 e. The summed E-state index contributed by atoms with van der Waals surface area (Å²) in [5, 5.41) is 6.23. The second-order valence-electron chi connectivity index (χ2n) is 6.21. The highest BCUT2D eigenvalue weighted by molar-refractivity contribution is 7.92. The molecule has 144 valence electrons. The van der Waals surface area contributed by atoms with E-state index < -0.39 is 10.0 Å². The zero-order valence-electron chi connectivity index (χ0n) is 15.4. The summed E-state index contributed by atoms with van der Waals surface area (Å²) >= 11 is 0. The molecule has 2 aromatic rings. The Hall–Kier alpha value is -2.61. The fourth-order valence-electron chi connectivity index (χ4n) is 3.00. The van der Waals surface area contributed by atoms with Crippen LogP contribution in [0.15, 0.2) is 53.7 Å². The first-order valence-electron chi connectivity index (χ1n) is 9.10. The van der Waals surface area contributed by atoms with Crippen LogP contribution in [0.2, 0.25) is 0 Å². The molecule has 0 radical (unpaired) electrons. The Bertz CT molecular complexity index is 884. The number of rotatable bonds is 7. The minimum atomic E-state index is -3.38. The molecule has 27 heavy (non-hydrogen) atoms. The van der Waals surface area contributed by atoms with Gasteiger partial charge in [0.25, 0.3) is 0 Å². The van der Waals surface area contributed by atoms with Crippen LogP contribution in [-0.4, -0.2) is 44.7 Å². The van der Waals surface area contributed by atoms with E-state index in [4.69, 9.17) is 0 Å². The van der Waals surface area contributed by atoms with Gasteiger partial charge < -0.3 is 10.6 Å². The molecule has 0 atom stereocenters. The average Bonchev–Trinajstić information content (AvgIpc) is 3.12. The van der Waals surface area contributed by atoms with E-state index in [1.807, 2.05) is 49.4 Å². The lowest BCUT2D eigenvalue weighted by molar-refractivity contribution is 0.591. The van der Waals surface area contributed by atoms with Gasteiger partial charge in [-0.15, -0.1) is 0 Å². The molecule has 1 aromatic carbocycles. The molecule has 0 bridgehead atoms. The molecule has 0 unspecified atom stereocenters. The summed E-state index contributed by atoms with van der Waals surface area (Å²) < 4.78 is 27.0. The molecule has 1 aliphatic rings. The third-order valence-electron chi connectivity index (χ3n) is 4.30. The monoisotopic (exact) mass is 387 g/mol. The number of fused-ring (bicyclic) bond motifs is 1. The summed E-state index contributed by atoms with van der Waals surface area (Å²) in [5.74, 6) is 0.593. The summed E-state index contributed by atoms with van der Waals surface area (Å²) in [7, 11) is -3.38. The van der Waals surface area contributed by atoms with E-state index in [0.29, 0.717) is 25.6 Å². The Kier molecular flexibility index (Phi) is 6.28. The fourth-order valence-corrected chi connectivity index (χ4v) is 4.43. The molecule has 0 amide bonds. The summed E-state index contributed by atoms with van der Waals surface area (Å²) in [5.41, 5.74) is 2.74. The number of nitrogens with zero attached hydrogens (tertiary/aromatic N) is 3. The van der Waals surface area contributed by atoms with Crippen LogP contribution in [0.4, 0.5) is 5.69 Å². The van der Waals surface area contributed by atoms with Crippen LogP contribution in [0.1, 0.15) is 18.2 Å². The maximum absolute atomic E-state index is 12.7. The fraction of sp³-hybridized carbons (Fsp3) is 0.368. The summed E-state index contributed by atoms with van der Waals surface area (Å²) in [6, 6.07) is 13.3. The number of para-hydroxylation sites is 1. The number of pyridine rings is 1. The van der Waals surface area contributed by atoms with Crippen LogP contribution in [0.25, 0.3) is 0 Å². The molecule has 0 saturated heterocycles. The molecule has 1 aromatic heterocycles. The molecule has 7 nitrogen and oxygen atoms in total. The molecule has 0 saturated carbocycles. The molecule has 0 aliphatic carbocycles. The van der Waals surface area contributed by atoms with Gasteiger partial charge in [-0.05, 0) is 37.1 Å². The van der Waals surface area contributed by atoms with Crippen LogP contribution in [0.5, 0.6) is 0 Å². The van der Waals surface area contributed by atoms with Gasteiger partial charge in [0.05, 0.1) is 23.7 Å². The lowest BCUT2D eigenvalue weighted by Crippen LogP contribution is -2.42. The maximum atomic E-state index is 12.7. The lowest BCUT2D eigenvalue weighted by atomic mass is 10.2. The van der Waals surface area contributed by atoms with Gasteiger partial charge >= 0.3 is 0 Å². The predicted molar refractivity (Wildman–Crippen MR) is 108 cm³/mol. The molecule has 2 N–H and O–H groups in total. The van der Waals surface area contributed by atoms with E-state index in [9.17, 15) is 8.42 Å². The molecular formula is C19H25N5O2S. The molecule has 3 rings (SSSR count). The second-order valence-corrected chi connectivity index (χ2v) is 8.22. The van der Waals surface area contributed by atoms with Crippen molar-refractivity contribution < 1.29 is 8.42 Å². The Morgan fingerprint density at radius 1 is 1.19 bits per heavy atom. The molecule has 2 heterocycles. The largest absolute Gasteiger partial charge is 0.357 e. The van der Waals surface area contributed by atoms with Crippen molar-refractivity contribution in [1.29, 1.82) is 0 Å². The average molecular weight is 388 g/mol. The molecule has 8 heteroatoms. The molecule has 0 fully saturated rings. The summed E-state index contributed by atoms with van der Waals surface area (Å²) in [6.45, 7) is 3.89. The van der Waals surface area contributed by atoms with Crippen molar-refractivity contribution in [2.75, 3.05) is 29.7 Å². The number of sulfonamides is 1. The Morgan fingerprint density at radius 3 is 2.78 bits per heavy atom. The van der Waals surface area contributed by atoms with E-state index in [1.54, 1.807) is 6.20 Å². The minimum Gasteiger partial charge on any atom is -0.357 e. The van der Waals surface area contributed by atoms with Crippen molar-refractivity contribution in [2.24, 2.45) is 4.99 Å². The Balaban J connectivity index is 1.58. The number of anilines is 1. The predicted octanol–water partition coefficient (Wildman–Crippen LogP) is 1.53. The van der Waals surface area contributed by atoms with Gasteiger partial charge in [0.15, 0.2) is 5.96 Å². The number of benzene rings is 1. The standard InChI is InChI=1S/C19H25N5O2S/c1-2-20-19(23-15-17-8-5-6-11-21-17)22-12-14-27(25,26)24-13-10-16-7-3-4-9-18(16)24/h3-9,11H,2,10,12-15H2,1H3,(H2,20,22,23). The van der Waals surface area contributed by atoms with Gasteiger partial charge in [0.1, 0.15) is 0 Å². The summed E-state index contributed by atoms with van der Waals surface area (Å²) in [4.78, 5) is 8.70. The number of guanidine groups is 1. The summed E-state index contributed by atoms with van der Waals surface area (Å²) in [6.07, 6.45) is 2.49. The highest BCUT2D eigenvalue weighted by Crippen LogP contribution is 2.29. The number of aliphatic imine (C=N–C) groups is 1. The maximum Gasteiger partial charge on any atom is 0.236 e. The van der Waals surface area contributed by atoms with E-state index in [1.165, 1.54) is 4.31 Å². The van der Waals surface area contributed by atoms with Gasteiger partial charge in [-0.3, -0.25) is 9.29 Å². The van der Waals surface area contributed by atoms with Gasteiger partial charge in [0.2, 0.25) is 10.0 Å². The first kappa shape index (κ1) is 19.2. The van der Waals surface area contributed by atoms with Crippen molar-refractivity contribution in [3.8, 4) is 0 Å². The van der Waals surface area contributed by atoms with Gasteiger partial charge in [-0.25, -0.2) is 13.4 Å². The van der Waals surface area contributed by atoms with E-state index in [2.05, 4.69) is 20.6 Å². The van der Waals surface area contributed by atoms with Crippen molar-refractivity contribution in [3.05, 3.63) is 59.9 Å². The number of aromatic nitrogens is 1. The Labute approximate surface area is 160 Å². The van der Waals surface area contributed by atoms with Crippen LogP contribution in [0.3, 0.4) is 0 Å². The van der Waals surface area contributed by atoms with Gasteiger partial charge in [0, 0.05) is 25.8 Å². The minimum absolute atomic E-state index is 0.00926. The lowest BCUT2D eigenvalue weighted by Gasteiger charge is -2.20. The number of hydrogen-bond acceptors (Lipinski definition) is 4. The molecule has 1 aliphatic heterocycles. The van der Waals surface area contributed by atoms with Crippen LogP contribution < -0.4 is 14.9 Å². The second kappa shape index (κ2) is 8.85. The van der Waals surface area contributed by atoms with Gasteiger partial charge in [-0.1, -0.05) is 24.3 Å². The third kappa shape index (κ3) is 4.97. The third-order valence-corrected chi connectivity index (χ3v) is 6.07. The first-order chi connectivity index (χ1) is 13.1. The van der Waals surface area contributed by atoms with Crippen molar-refractivity contribution in [2.45, 2.75) is 19.9 Å². The topological polar surface area (TPSA) is 86.7 Å². The molecular weight excluding hydrogens is 362 g/mol. The van der Waals surface area contributed by atoms with Crippen LogP contribution in [-0.2, 0) is 23.0 Å². The van der Waals surface area contributed by atoms with E-state index in [0.717, 1.165) is 23.4 Å². The number of nitrogens with one attached hydrogen (secondary N) is 2.